The van der Waals surface area contributed by atoms with Gasteiger partial charge in [-0.1, -0.05) is 0 Å². The molecule has 0 aromatic heterocycles. The Hall–Kier alpha value is -0.450. The highest BCUT2D eigenvalue weighted by atomic mass is 16.7. The lowest BCUT2D eigenvalue weighted by Gasteiger charge is -2.29. The fourth-order valence-electron chi connectivity index (χ4n) is 1.49. The van der Waals surface area contributed by atoms with E-state index in [1.54, 1.807) is 0 Å². The maximum Gasteiger partial charge on any atom is 0.231 e. The maximum atomic E-state index is 11.3. The summed E-state index contributed by atoms with van der Waals surface area (Å²) in [5.74, 6) is -0.841. The minimum atomic E-state index is -0.870. The van der Waals surface area contributed by atoms with Crippen molar-refractivity contribution in [3.63, 3.8) is 0 Å². The molecule has 11 heavy (non-hydrogen) atoms. The van der Waals surface area contributed by atoms with E-state index >= 15 is 0 Å². The molecule has 0 amide bonds. The molecule has 0 aromatic rings. The molecular weight excluding hydrogens is 146 g/mol. The van der Waals surface area contributed by atoms with Crippen molar-refractivity contribution in [3.8, 4) is 0 Å². The molecule has 2 saturated heterocycles. The molecule has 0 radical (unpaired) electrons. The molecule has 0 bridgehead atoms. The van der Waals surface area contributed by atoms with Crippen molar-refractivity contribution >= 4 is 5.78 Å². The second-order valence-electron chi connectivity index (χ2n) is 2.80. The van der Waals surface area contributed by atoms with Gasteiger partial charge in [0, 0.05) is 13.0 Å². The van der Waals surface area contributed by atoms with E-state index in [0.717, 1.165) is 6.54 Å². The van der Waals surface area contributed by atoms with Crippen LogP contribution >= 0.6 is 0 Å². The molecule has 2 aliphatic rings. The molecule has 0 unspecified atom stereocenters. The van der Waals surface area contributed by atoms with Crippen LogP contribution in [0.4, 0.5) is 0 Å². The number of rotatable bonds is 0. The van der Waals surface area contributed by atoms with Crippen molar-refractivity contribution in [2.75, 3.05) is 26.3 Å². The third-order valence-corrected chi connectivity index (χ3v) is 2.10. The maximum absolute atomic E-state index is 11.3. The fourth-order valence-corrected chi connectivity index (χ4v) is 1.49. The van der Waals surface area contributed by atoms with Crippen molar-refractivity contribution in [2.24, 2.45) is 0 Å². The molecule has 4 heteroatoms. The third-order valence-electron chi connectivity index (χ3n) is 2.10. The van der Waals surface area contributed by atoms with Gasteiger partial charge in [0.2, 0.25) is 11.6 Å². The highest BCUT2D eigenvalue weighted by molar-refractivity contribution is 5.88. The number of carbonyl (C=O) groups is 1. The van der Waals surface area contributed by atoms with E-state index in [9.17, 15) is 4.79 Å². The monoisotopic (exact) mass is 157 g/mol. The predicted octanol–water partition coefficient (Wildman–Crippen LogP) is -0.708. The average molecular weight is 157 g/mol. The summed E-state index contributed by atoms with van der Waals surface area (Å²) in [4.78, 5) is 11.3. The molecule has 1 N–H and O–H groups in total. The van der Waals surface area contributed by atoms with Crippen LogP contribution in [0.15, 0.2) is 0 Å². The number of ether oxygens (including phenoxy) is 2. The van der Waals surface area contributed by atoms with Gasteiger partial charge in [0.05, 0.1) is 19.8 Å². The van der Waals surface area contributed by atoms with Gasteiger partial charge in [-0.05, 0) is 0 Å². The Kier molecular flexibility index (Phi) is 1.67. The number of hydrogen-bond acceptors (Lipinski definition) is 4. The lowest BCUT2D eigenvalue weighted by molar-refractivity contribution is -0.185. The molecule has 2 fully saturated rings. The first-order valence-electron chi connectivity index (χ1n) is 3.85. The fraction of sp³-hybridized carbons (Fsp3) is 0.857. The molecule has 62 valence electrons. The first kappa shape index (κ1) is 7.21. The minimum Gasteiger partial charge on any atom is -0.341 e. The van der Waals surface area contributed by atoms with Crippen LogP contribution in [0.1, 0.15) is 6.42 Å². The molecule has 4 nitrogen and oxygen atoms in total. The van der Waals surface area contributed by atoms with E-state index in [4.69, 9.17) is 9.47 Å². The van der Waals surface area contributed by atoms with Gasteiger partial charge in [0.1, 0.15) is 0 Å². The van der Waals surface area contributed by atoms with Crippen LogP contribution in [0.25, 0.3) is 0 Å². The van der Waals surface area contributed by atoms with Crippen molar-refractivity contribution in [1.82, 2.24) is 5.32 Å². The Balaban J connectivity index is 2.13. The van der Waals surface area contributed by atoms with Gasteiger partial charge in [0.25, 0.3) is 0 Å². The summed E-state index contributed by atoms with van der Waals surface area (Å²) in [5.41, 5.74) is 0. The topological polar surface area (TPSA) is 47.6 Å². The number of nitrogens with one attached hydrogen (secondary N) is 1. The highest BCUT2D eigenvalue weighted by Crippen LogP contribution is 2.25. The first-order chi connectivity index (χ1) is 5.33. The second-order valence-corrected chi connectivity index (χ2v) is 2.80. The molecule has 2 heterocycles. The lowest BCUT2D eigenvalue weighted by atomic mass is 10.0. The molecular formula is C7H11NO3. The Morgan fingerprint density at radius 1 is 1.36 bits per heavy atom. The summed E-state index contributed by atoms with van der Waals surface area (Å²) in [5, 5.41) is 2.98. The Morgan fingerprint density at radius 3 is 2.73 bits per heavy atom. The van der Waals surface area contributed by atoms with Crippen molar-refractivity contribution in [1.29, 1.82) is 0 Å². The molecule has 0 atom stereocenters. The summed E-state index contributed by atoms with van der Waals surface area (Å²) >= 11 is 0. The van der Waals surface area contributed by atoms with Crippen molar-refractivity contribution in [2.45, 2.75) is 12.2 Å². The van der Waals surface area contributed by atoms with Crippen LogP contribution in [0, 0.1) is 0 Å². The number of Topliss-reactive ketones (excluding diaryl/α,β-unsaturated/α-hetero) is 1. The van der Waals surface area contributed by atoms with Crippen LogP contribution in [0.5, 0.6) is 0 Å². The SMILES string of the molecule is O=C1CNCCC12OCCO2. The van der Waals surface area contributed by atoms with Crippen molar-refractivity contribution < 1.29 is 14.3 Å². The Morgan fingerprint density at radius 2 is 2.09 bits per heavy atom. The van der Waals surface area contributed by atoms with Crippen LogP contribution in [0.3, 0.4) is 0 Å². The largest absolute Gasteiger partial charge is 0.341 e. The predicted molar refractivity (Wildman–Crippen MR) is 37.1 cm³/mol. The van der Waals surface area contributed by atoms with E-state index in [2.05, 4.69) is 5.32 Å². The molecule has 1 spiro atoms. The molecule has 0 aliphatic carbocycles. The standard InChI is InChI=1S/C7H11NO3/c9-6-5-8-2-1-7(6)10-3-4-11-7/h8H,1-5H2. The van der Waals surface area contributed by atoms with E-state index in [-0.39, 0.29) is 5.78 Å². The zero-order valence-electron chi connectivity index (χ0n) is 6.26. The summed E-state index contributed by atoms with van der Waals surface area (Å²) < 4.78 is 10.6. The summed E-state index contributed by atoms with van der Waals surface area (Å²) in [6.45, 7) is 2.27. The summed E-state index contributed by atoms with van der Waals surface area (Å²) in [6, 6.07) is 0. The van der Waals surface area contributed by atoms with E-state index in [0.29, 0.717) is 26.2 Å². The highest BCUT2D eigenvalue weighted by Gasteiger charge is 2.45. The zero-order chi connectivity index (χ0) is 7.73. The van der Waals surface area contributed by atoms with Gasteiger partial charge >= 0.3 is 0 Å². The van der Waals surface area contributed by atoms with E-state index in [1.165, 1.54) is 0 Å². The van der Waals surface area contributed by atoms with E-state index < -0.39 is 5.79 Å². The quantitative estimate of drug-likeness (QED) is 0.504. The van der Waals surface area contributed by atoms with E-state index in [1.807, 2.05) is 0 Å². The average Bonchev–Trinajstić information content (AvgIpc) is 2.46. The van der Waals surface area contributed by atoms with Gasteiger partial charge in [-0.25, -0.2) is 0 Å². The molecule has 0 saturated carbocycles. The summed E-state index contributed by atoms with van der Waals surface area (Å²) in [7, 11) is 0. The first-order valence-corrected chi connectivity index (χ1v) is 3.85. The zero-order valence-corrected chi connectivity index (χ0v) is 6.26. The van der Waals surface area contributed by atoms with Crippen LogP contribution < -0.4 is 5.32 Å². The van der Waals surface area contributed by atoms with Gasteiger partial charge in [-0.3, -0.25) is 4.79 Å². The van der Waals surface area contributed by atoms with Gasteiger partial charge in [-0.15, -0.1) is 0 Å². The lowest BCUT2D eigenvalue weighted by Crippen LogP contribution is -2.51. The van der Waals surface area contributed by atoms with Gasteiger partial charge in [0.15, 0.2) is 0 Å². The minimum absolute atomic E-state index is 0.0289. The van der Waals surface area contributed by atoms with Crippen LogP contribution in [-0.2, 0) is 14.3 Å². The number of hydrogen-bond donors (Lipinski definition) is 1. The Bertz CT molecular complexity index is 175. The van der Waals surface area contributed by atoms with Crippen LogP contribution in [0.2, 0.25) is 0 Å². The number of piperidine rings is 1. The molecule has 2 aliphatic heterocycles. The second kappa shape index (κ2) is 2.55. The molecule has 0 aromatic carbocycles. The normalized spacial score (nSPS) is 29.6. The van der Waals surface area contributed by atoms with Crippen LogP contribution in [-0.4, -0.2) is 37.9 Å². The number of carbonyl (C=O) groups excluding carboxylic acids is 1. The smallest absolute Gasteiger partial charge is 0.231 e. The summed E-state index contributed by atoms with van der Waals surface area (Å²) in [6.07, 6.45) is 0.645. The number of ketones is 1. The molecule has 2 rings (SSSR count). The van der Waals surface area contributed by atoms with Gasteiger partial charge < -0.3 is 14.8 Å². The van der Waals surface area contributed by atoms with Crippen molar-refractivity contribution in [3.05, 3.63) is 0 Å². The van der Waals surface area contributed by atoms with Gasteiger partial charge in [-0.2, -0.15) is 0 Å². The Labute approximate surface area is 64.9 Å². The third kappa shape index (κ3) is 1.07.